The third kappa shape index (κ3) is 3.57. The summed E-state index contributed by atoms with van der Waals surface area (Å²) in [5.74, 6) is 0.0381. The van der Waals surface area contributed by atoms with Crippen LogP contribution in [0.25, 0.3) is 10.6 Å². The van der Waals surface area contributed by atoms with E-state index < -0.39 is 6.10 Å². The van der Waals surface area contributed by atoms with Crippen LogP contribution in [0, 0.1) is 19.3 Å². The van der Waals surface area contributed by atoms with E-state index in [4.69, 9.17) is 4.84 Å². The molecule has 24 heavy (non-hydrogen) atoms. The second kappa shape index (κ2) is 6.37. The van der Waals surface area contributed by atoms with Gasteiger partial charge in [-0.2, -0.15) is 0 Å². The number of carbonyl (C=O) groups is 1. The Kier molecular flexibility index (Phi) is 4.57. The largest absolute Gasteiger partial charge is 0.384 e. The van der Waals surface area contributed by atoms with Crippen molar-refractivity contribution in [3.05, 3.63) is 21.1 Å². The van der Waals surface area contributed by atoms with Gasteiger partial charge in [-0.25, -0.2) is 9.97 Å². The molecule has 3 rings (SSSR count). The quantitative estimate of drug-likeness (QED) is 0.817. The molecule has 0 amide bonds. The lowest BCUT2D eigenvalue weighted by Crippen LogP contribution is -2.26. The number of aryl methyl sites for hydroxylation is 2. The Bertz CT molecular complexity index is 799. The van der Waals surface area contributed by atoms with E-state index in [0.29, 0.717) is 12.8 Å². The lowest BCUT2D eigenvalue weighted by atomic mass is 9.86. The fourth-order valence-electron chi connectivity index (χ4n) is 2.52. The summed E-state index contributed by atoms with van der Waals surface area (Å²) in [5, 5.41) is 7.93. The summed E-state index contributed by atoms with van der Waals surface area (Å²) in [6, 6.07) is 0. The maximum atomic E-state index is 12.5. The Morgan fingerprint density at radius 2 is 2.08 bits per heavy atom. The van der Waals surface area contributed by atoms with Crippen molar-refractivity contribution in [2.75, 3.05) is 0 Å². The van der Waals surface area contributed by atoms with Gasteiger partial charge < -0.3 is 4.84 Å². The van der Waals surface area contributed by atoms with Gasteiger partial charge >= 0.3 is 0 Å². The second-order valence-corrected chi connectivity index (χ2v) is 9.15. The first kappa shape index (κ1) is 17.2. The van der Waals surface area contributed by atoms with Gasteiger partial charge in [0.25, 0.3) is 0 Å². The highest BCUT2D eigenvalue weighted by molar-refractivity contribution is 7.16. The fourth-order valence-corrected chi connectivity index (χ4v) is 4.27. The molecule has 0 saturated carbocycles. The van der Waals surface area contributed by atoms with E-state index in [1.54, 1.807) is 11.3 Å². The van der Waals surface area contributed by atoms with Crippen molar-refractivity contribution < 1.29 is 9.63 Å². The van der Waals surface area contributed by atoms with Crippen LogP contribution in [-0.2, 0) is 16.1 Å². The molecule has 0 radical (unpaired) electrons. The van der Waals surface area contributed by atoms with Crippen molar-refractivity contribution in [3.8, 4) is 10.6 Å². The van der Waals surface area contributed by atoms with E-state index in [1.165, 1.54) is 11.3 Å². The predicted molar refractivity (Wildman–Crippen MR) is 97.8 cm³/mol. The minimum Gasteiger partial charge on any atom is -0.384 e. The molecule has 0 N–H and O–H groups in total. The average molecular weight is 364 g/mol. The van der Waals surface area contributed by atoms with Crippen molar-refractivity contribution >= 4 is 34.2 Å². The molecule has 0 aromatic carbocycles. The zero-order valence-corrected chi connectivity index (χ0v) is 16.2. The molecular weight excluding hydrogens is 342 g/mol. The Morgan fingerprint density at radius 1 is 1.33 bits per heavy atom. The maximum Gasteiger partial charge on any atom is 0.191 e. The highest BCUT2D eigenvalue weighted by Crippen LogP contribution is 2.31. The van der Waals surface area contributed by atoms with Gasteiger partial charge in [-0.3, -0.25) is 4.79 Å². The number of thiazole rings is 2. The fraction of sp³-hybridized carbons (Fsp3) is 0.529. The Morgan fingerprint density at radius 3 is 2.67 bits per heavy atom. The Labute approximate surface area is 149 Å². The molecule has 1 aliphatic heterocycles. The number of Topliss-reactive ketones (excluding diaryl/α,β-unsaturated/α-hetero) is 1. The third-order valence-electron chi connectivity index (χ3n) is 3.91. The summed E-state index contributed by atoms with van der Waals surface area (Å²) in [4.78, 5) is 27.9. The van der Waals surface area contributed by atoms with Crippen LogP contribution in [0.1, 0.15) is 42.9 Å². The topological polar surface area (TPSA) is 64.4 Å². The van der Waals surface area contributed by atoms with Gasteiger partial charge in [-0.1, -0.05) is 25.9 Å². The predicted octanol–water partition coefficient (Wildman–Crippen LogP) is 4.19. The van der Waals surface area contributed by atoms with Crippen LogP contribution in [0.2, 0.25) is 0 Å². The number of carbonyl (C=O) groups excluding carboxylic acids is 1. The third-order valence-corrected chi connectivity index (χ3v) is 5.85. The van der Waals surface area contributed by atoms with Crippen LogP contribution >= 0.6 is 22.7 Å². The van der Waals surface area contributed by atoms with E-state index in [1.807, 2.05) is 19.2 Å². The van der Waals surface area contributed by atoms with Crippen LogP contribution in [0.3, 0.4) is 0 Å². The number of ketones is 1. The molecule has 1 unspecified atom stereocenters. The lowest BCUT2D eigenvalue weighted by Gasteiger charge is -2.16. The minimum absolute atomic E-state index is 0.0381. The first-order chi connectivity index (χ1) is 11.2. The van der Waals surface area contributed by atoms with E-state index >= 15 is 0 Å². The number of rotatable bonds is 4. The Hall–Kier alpha value is -1.60. The van der Waals surface area contributed by atoms with Crippen molar-refractivity contribution in [1.29, 1.82) is 0 Å². The zero-order chi connectivity index (χ0) is 17.5. The first-order valence-electron chi connectivity index (χ1n) is 7.88. The smallest absolute Gasteiger partial charge is 0.191 e. The molecule has 5 nitrogen and oxygen atoms in total. The number of aromatic nitrogens is 2. The van der Waals surface area contributed by atoms with Gasteiger partial charge in [0.1, 0.15) is 5.01 Å². The maximum absolute atomic E-state index is 12.5. The molecule has 0 bridgehead atoms. The zero-order valence-electron chi connectivity index (χ0n) is 14.5. The summed E-state index contributed by atoms with van der Waals surface area (Å²) in [7, 11) is 0. The van der Waals surface area contributed by atoms with Crippen LogP contribution in [0.4, 0.5) is 0 Å². The molecule has 0 aliphatic carbocycles. The lowest BCUT2D eigenvalue weighted by molar-refractivity contribution is -0.128. The standard InChI is InChI=1S/C17H21N3O2S2/c1-9-16(24-10(2)18-9)11-8-23-15(19-11)6-12(21)13-7-14(20-22-13)17(3,4)5/h8,13H,6-7H2,1-5H3. The summed E-state index contributed by atoms with van der Waals surface area (Å²) >= 11 is 3.14. The molecule has 7 heteroatoms. The number of hydrogen-bond donors (Lipinski definition) is 0. The van der Waals surface area contributed by atoms with Gasteiger partial charge in [-0.15, -0.1) is 22.7 Å². The molecule has 0 spiro atoms. The monoisotopic (exact) mass is 363 g/mol. The molecule has 2 aromatic rings. The van der Waals surface area contributed by atoms with E-state index in [9.17, 15) is 4.79 Å². The molecule has 2 aromatic heterocycles. The van der Waals surface area contributed by atoms with Gasteiger partial charge in [0.05, 0.1) is 33.4 Å². The molecule has 128 valence electrons. The van der Waals surface area contributed by atoms with Crippen molar-refractivity contribution in [2.45, 2.75) is 53.6 Å². The van der Waals surface area contributed by atoms with Gasteiger partial charge in [0.15, 0.2) is 11.9 Å². The number of hydrogen-bond acceptors (Lipinski definition) is 7. The molecule has 3 heterocycles. The van der Waals surface area contributed by atoms with Crippen LogP contribution < -0.4 is 0 Å². The van der Waals surface area contributed by atoms with E-state index in [2.05, 4.69) is 35.9 Å². The molecule has 0 fully saturated rings. The summed E-state index contributed by atoms with van der Waals surface area (Å²) in [5.41, 5.74) is 2.77. The van der Waals surface area contributed by atoms with E-state index in [-0.39, 0.29) is 11.2 Å². The normalized spacial score (nSPS) is 17.7. The summed E-state index contributed by atoms with van der Waals surface area (Å²) in [6.07, 6.45) is 0.395. The van der Waals surface area contributed by atoms with Crippen molar-refractivity contribution in [3.63, 3.8) is 0 Å². The number of oxime groups is 1. The van der Waals surface area contributed by atoms with Crippen molar-refractivity contribution in [2.24, 2.45) is 10.6 Å². The second-order valence-electron chi connectivity index (χ2n) is 7.00. The molecule has 0 saturated heterocycles. The highest BCUT2D eigenvalue weighted by Gasteiger charge is 2.33. The molecule has 1 atom stereocenters. The van der Waals surface area contributed by atoms with Gasteiger partial charge in [0, 0.05) is 17.2 Å². The SMILES string of the molecule is Cc1nc(C)c(-c2csc(CC(=O)C3CC(C(C)(C)C)=NO3)n2)s1. The van der Waals surface area contributed by atoms with Crippen LogP contribution in [-0.4, -0.2) is 27.6 Å². The van der Waals surface area contributed by atoms with Crippen LogP contribution in [0.5, 0.6) is 0 Å². The van der Waals surface area contributed by atoms with Gasteiger partial charge in [0.2, 0.25) is 0 Å². The molecular formula is C17H21N3O2S2. The molecule has 1 aliphatic rings. The highest BCUT2D eigenvalue weighted by atomic mass is 32.1. The average Bonchev–Trinajstić information content (AvgIpc) is 3.17. The van der Waals surface area contributed by atoms with Gasteiger partial charge in [-0.05, 0) is 13.8 Å². The minimum atomic E-state index is -0.473. The summed E-state index contributed by atoms with van der Waals surface area (Å²) < 4.78 is 0. The van der Waals surface area contributed by atoms with E-state index in [0.717, 1.165) is 32.0 Å². The van der Waals surface area contributed by atoms with Crippen LogP contribution in [0.15, 0.2) is 10.5 Å². The Balaban J connectivity index is 1.66. The number of nitrogens with zero attached hydrogens (tertiary/aromatic N) is 3. The first-order valence-corrected chi connectivity index (χ1v) is 9.58. The summed E-state index contributed by atoms with van der Waals surface area (Å²) in [6.45, 7) is 10.2. The van der Waals surface area contributed by atoms with Crippen molar-refractivity contribution in [1.82, 2.24) is 9.97 Å².